The molecule has 0 saturated carbocycles. The average molecular weight is 281 g/mol. The van der Waals surface area contributed by atoms with Gasteiger partial charge in [-0.3, -0.25) is 4.79 Å². The topological polar surface area (TPSA) is 70.8 Å². The first-order valence-electron chi connectivity index (χ1n) is 6.85. The van der Waals surface area contributed by atoms with Crippen molar-refractivity contribution in [2.75, 3.05) is 7.05 Å². The number of aryl methyl sites for hydroxylation is 1. The number of furan rings is 1. The van der Waals surface area contributed by atoms with E-state index in [1.807, 2.05) is 6.92 Å². The van der Waals surface area contributed by atoms with Crippen molar-refractivity contribution in [3.8, 4) is 0 Å². The van der Waals surface area contributed by atoms with Crippen molar-refractivity contribution in [2.24, 2.45) is 11.8 Å². The van der Waals surface area contributed by atoms with Crippen LogP contribution in [0.1, 0.15) is 49.1 Å². The molecule has 1 heterocycles. The van der Waals surface area contributed by atoms with Crippen molar-refractivity contribution in [3.63, 3.8) is 0 Å². The Morgan fingerprint density at radius 3 is 2.45 bits per heavy atom. The van der Waals surface area contributed by atoms with Crippen molar-refractivity contribution in [2.45, 2.75) is 40.7 Å². The Bertz CT molecular complexity index is 492. The molecular weight excluding hydrogens is 258 g/mol. The second kappa shape index (κ2) is 6.59. The molecule has 1 aromatic heterocycles. The largest absolute Gasteiger partial charge is 0.478 e. The van der Waals surface area contributed by atoms with E-state index >= 15 is 0 Å². The number of amides is 1. The molecular formula is C15H23NO4. The summed E-state index contributed by atoms with van der Waals surface area (Å²) in [5.74, 6) is 0.151. The van der Waals surface area contributed by atoms with Gasteiger partial charge in [-0.1, -0.05) is 27.2 Å². The van der Waals surface area contributed by atoms with Crippen LogP contribution >= 0.6 is 0 Å². The van der Waals surface area contributed by atoms with Gasteiger partial charge in [-0.05, 0) is 18.9 Å². The number of hydrogen-bond donors (Lipinski definition) is 1. The maximum atomic E-state index is 12.2. The van der Waals surface area contributed by atoms with Crippen molar-refractivity contribution in [1.82, 2.24) is 4.90 Å². The lowest BCUT2D eigenvalue weighted by atomic mass is 9.92. The van der Waals surface area contributed by atoms with Crippen LogP contribution in [0.3, 0.4) is 0 Å². The minimum Gasteiger partial charge on any atom is -0.478 e. The quantitative estimate of drug-likeness (QED) is 0.870. The van der Waals surface area contributed by atoms with Gasteiger partial charge in [0.1, 0.15) is 17.1 Å². The smallest absolute Gasteiger partial charge is 0.339 e. The van der Waals surface area contributed by atoms with Crippen LogP contribution in [0.2, 0.25) is 0 Å². The van der Waals surface area contributed by atoms with Gasteiger partial charge in [0.2, 0.25) is 5.91 Å². The second-order valence-electron chi connectivity index (χ2n) is 5.36. The molecule has 0 bridgehead atoms. The van der Waals surface area contributed by atoms with E-state index in [-0.39, 0.29) is 23.9 Å². The third-order valence-electron chi connectivity index (χ3n) is 3.86. The highest BCUT2D eigenvalue weighted by Crippen LogP contribution is 2.20. The lowest BCUT2D eigenvalue weighted by Crippen LogP contribution is -2.33. The summed E-state index contributed by atoms with van der Waals surface area (Å²) < 4.78 is 5.39. The molecule has 0 aromatic carbocycles. The number of carbonyl (C=O) groups excluding carboxylic acids is 1. The molecule has 1 rings (SSSR count). The Kier molecular flexibility index (Phi) is 5.36. The van der Waals surface area contributed by atoms with Gasteiger partial charge < -0.3 is 14.4 Å². The summed E-state index contributed by atoms with van der Waals surface area (Å²) in [6.45, 7) is 7.92. The van der Waals surface area contributed by atoms with Gasteiger partial charge in [-0.25, -0.2) is 4.79 Å². The van der Waals surface area contributed by atoms with Crippen LogP contribution in [-0.4, -0.2) is 28.9 Å². The van der Waals surface area contributed by atoms with Crippen molar-refractivity contribution < 1.29 is 19.1 Å². The Morgan fingerprint density at radius 2 is 2.00 bits per heavy atom. The van der Waals surface area contributed by atoms with Gasteiger partial charge in [-0.2, -0.15) is 0 Å². The fourth-order valence-electron chi connectivity index (χ4n) is 2.09. The number of aromatic carboxylic acids is 1. The van der Waals surface area contributed by atoms with Crippen LogP contribution in [0.4, 0.5) is 0 Å². The summed E-state index contributed by atoms with van der Waals surface area (Å²) in [6, 6.07) is 1.48. The number of carbonyl (C=O) groups is 2. The maximum Gasteiger partial charge on any atom is 0.339 e. The number of carboxylic acids is 1. The van der Waals surface area contributed by atoms with E-state index in [4.69, 9.17) is 9.52 Å². The zero-order valence-corrected chi connectivity index (χ0v) is 12.8. The molecule has 2 atom stereocenters. The predicted octanol–water partition coefficient (Wildman–Crippen LogP) is 2.93. The number of nitrogens with zero attached hydrogens (tertiary/aromatic N) is 1. The van der Waals surface area contributed by atoms with E-state index in [9.17, 15) is 9.59 Å². The van der Waals surface area contributed by atoms with E-state index in [2.05, 4.69) is 13.8 Å². The first kappa shape index (κ1) is 16.3. The predicted molar refractivity (Wildman–Crippen MR) is 75.5 cm³/mol. The lowest BCUT2D eigenvalue weighted by Gasteiger charge is -2.24. The fourth-order valence-corrected chi connectivity index (χ4v) is 2.09. The first-order valence-corrected chi connectivity index (χ1v) is 6.85. The monoisotopic (exact) mass is 281 g/mol. The van der Waals surface area contributed by atoms with E-state index in [1.165, 1.54) is 6.07 Å². The van der Waals surface area contributed by atoms with Gasteiger partial charge in [0.05, 0.1) is 6.54 Å². The third-order valence-corrected chi connectivity index (χ3v) is 3.86. The van der Waals surface area contributed by atoms with Gasteiger partial charge in [0, 0.05) is 13.0 Å². The molecule has 20 heavy (non-hydrogen) atoms. The highest BCUT2D eigenvalue weighted by atomic mass is 16.4. The standard InChI is InChI=1S/C15H23NO4/c1-6-9(2)10(3)14(17)16(5)8-12-7-13(15(18)19)11(4)20-12/h7,9-10H,6,8H2,1-5H3,(H,18,19). The molecule has 2 unspecified atom stereocenters. The summed E-state index contributed by atoms with van der Waals surface area (Å²) >= 11 is 0. The van der Waals surface area contributed by atoms with Crippen LogP contribution in [0.25, 0.3) is 0 Å². The Balaban J connectivity index is 2.75. The summed E-state index contributed by atoms with van der Waals surface area (Å²) in [6.07, 6.45) is 0.948. The lowest BCUT2D eigenvalue weighted by molar-refractivity contribution is -0.136. The Hall–Kier alpha value is -1.78. The van der Waals surface area contributed by atoms with Crippen LogP contribution in [0.15, 0.2) is 10.5 Å². The summed E-state index contributed by atoms with van der Waals surface area (Å²) in [5, 5.41) is 8.97. The molecule has 0 aliphatic rings. The van der Waals surface area contributed by atoms with Crippen molar-refractivity contribution in [3.05, 3.63) is 23.2 Å². The zero-order chi connectivity index (χ0) is 15.4. The minimum atomic E-state index is -1.01. The summed E-state index contributed by atoms with van der Waals surface area (Å²) in [5.41, 5.74) is 0.149. The normalized spacial score (nSPS) is 13.8. The average Bonchev–Trinajstić information content (AvgIpc) is 2.76. The molecule has 0 saturated heterocycles. The van der Waals surface area contributed by atoms with Crippen molar-refractivity contribution in [1.29, 1.82) is 0 Å². The van der Waals surface area contributed by atoms with E-state index in [0.29, 0.717) is 17.4 Å². The van der Waals surface area contributed by atoms with E-state index in [0.717, 1.165) is 6.42 Å². The summed E-state index contributed by atoms with van der Waals surface area (Å²) in [7, 11) is 1.71. The molecule has 5 heteroatoms. The molecule has 0 radical (unpaired) electrons. The van der Waals surface area contributed by atoms with Crippen molar-refractivity contribution >= 4 is 11.9 Å². The molecule has 5 nitrogen and oxygen atoms in total. The highest BCUT2D eigenvalue weighted by molar-refractivity contribution is 5.88. The van der Waals surface area contributed by atoms with Gasteiger partial charge >= 0.3 is 5.97 Å². The second-order valence-corrected chi connectivity index (χ2v) is 5.36. The molecule has 0 fully saturated rings. The van der Waals surface area contributed by atoms with E-state index < -0.39 is 5.97 Å². The number of carboxylic acid groups (broad SMARTS) is 1. The zero-order valence-electron chi connectivity index (χ0n) is 12.8. The maximum absolute atomic E-state index is 12.2. The summed E-state index contributed by atoms with van der Waals surface area (Å²) in [4.78, 5) is 24.8. The molecule has 112 valence electrons. The molecule has 0 aliphatic heterocycles. The third kappa shape index (κ3) is 3.62. The van der Waals surface area contributed by atoms with Crippen LogP contribution in [0, 0.1) is 18.8 Å². The minimum absolute atomic E-state index is 0.0466. The molecule has 1 aromatic rings. The number of rotatable bonds is 6. The highest BCUT2D eigenvalue weighted by Gasteiger charge is 2.23. The Morgan fingerprint density at radius 1 is 1.40 bits per heavy atom. The van der Waals surface area contributed by atoms with Crippen LogP contribution in [-0.2, 0) is 11.3 Å². The first-order chi connectivity index (χ1) is 9.27. The van der Waals surface area contributed by atoms with Crippen LogP contribution in [0.5, 0.6) is 0 Å². The van der Waals surface area contributed by atoms with Gasteiger partial charge in [0.25, 0.3) is 0 Å². The van der Waals surface area contributed by atoms with Gasteiger partial charge in [0.15, 0.2) is 0 Å². The molecule has 1 N–H and O–H groups in total. The van der Waals surface area contributed by atoms with E-state index in [1.54, 1.807) is 18.9 Å². The van der Waals surface area contributed by atoms with Crippen LogP contribution < -0.4 is 0 Å². The molecule has 0 aliphatic carbocycles. The van der Waals surface area contributed by atoms with Gasteiger partial charge in [-0.15, -0.1) is 0 Å². The molecule has 1 amide bonds. The number of hydrogen-bond acceptors (Lipinski definition) is 3. The Labute approximate surface area is 119 Å². The fraction of sp³-hybridized carbons (Fsp3) is 0.600. The SMILES string of the molecule is CCC(C)C(C)C(=O)N(C)Cc1cc(C(=O)O)c(C)o1. The molecule has 0 spiro atoms.